The average Bonchev–Trinajstić information content (AvgIpc) is 3.21. The van der Waals surface area contributed by atoms with Gasteiger partial charge in [0.05, 0.1) is 24.6 Å². The number of fused-ring (bicyclic) bond motifs is 1. The molecule has 0 aromatic heterocycles. The first-order valence-electron chi connectivity index (χ1n) is 18.8. The number of rotatable bonds is 13. The van der Waals surface area contributed by atoms with Crippen molar-refractivity contribution in [3.63, 3.8) is 0 Å². The predicted octanol–water partition coefficient (Wildman–Crippen LogP) is 4.71. The number of cyclic esters (lactones) is 1. The van der Waals surface area contributed by atoms with Gasteiger partial charge in [0.25, 0.3) is 0 Å². The number of nitrogens with zero attached hydrogens (tertiary/aromatic N) is 1. The fraction of sp³-hybridized carbons (Fsp3) is 0.405. The van der Waals surface area contributed by atoms with E-state index in [0.29, 0.717) is 38.8 Å². The van der Waals surface area contributed by atoms with E-state index >= 15 is 0 Å². The lowest BCUT2D eigenvalue weighted by molar-refractivity contribution is -0.147. The monoisotopic (exact) mass is 754 g/mol. The highest BCUT2D eigenvalue weighted by Crippen LogP contribution is 2.25. The first-order chi connectivity index (χ1) is 26.8. The molecule has 4 atom stereocenters. The summed E-state index contributed by atoms with van der Waals surface area (Å²) in [6, 6.07) is 24.2. The number of nitrogens with one attached hydrogen (secondary N) is 3. The Morgan fingerprint density at radius 1 is 0.818 bits per heavy atom. The molecule has 2 aliphatic heterocycles. The number of unbranched alkanes of at least 4 members (excludes halogenated alkanes) is 1. The number of aliphatic hydroxyl groups is 1. The summed E-state index contributed by atoms with van der Waals surface area (Å²) in [6.07, 6.45) is 4.31. The molecule has 0 saturated heterocycles. The lowest BCUT2D eigenvalue weighted by Crippen LogP contribution is -2.48. The van der Waals surface area contributed by atoms with Gasteiger partial charge in [-0.2, -0.15) is 0 Å². The van der Waals surface area contributed by atoms with Gasteiger partial charge in [-0.3, -0.25) is 9.59 Å². The number of benzene rings is 3. The maximum absolute atomic E-state index is 13.8. The van der Waals surface area contributed by atoms with E-state index in [2.05, 4.69) is 16.0 Å². The Hall–Kier alpha value is -5.69. The van der Waals surface area contributed by atoms with Crippen molar-refractivity contribution in [2.75, 3.05) is 19.8 Å². The zero-order valence-corrected chi connectivity index (χ0v) is 30.9. The van der Waals surface area contributed by atoms with Crippen LogP contribution in [-0.4, -0.2) is 77.9 Å². The van der Waals surface area contributed by atoms with Gasteiger partial charge in [-0.1, -0.05) is 97.1 Å². The van der Waals surface area contributed by atoms with Gasteiger partial charge >= 0.3 is 18.2 Å². The van der Waals surface area contributed by atoms with Crippen LogP contribution < -0.4 is 16.0 Å². The Morgan fingerprint density at radius 3 is 2.15 bits per heavy atom. The van der Waals surface area contributed by atoms with Crippen LogP contribution in [-0.2, 0) is 54.8 Å². The first kappa shape index (κ1) is 40.5. The smallest absolute Gasteiger partial charge is 0.408 e. The van der Waals surface area contributed by atoms with Crippen LogP contribution in [0.1, 0.15) is 60.8 Å². The summed E-state index contributed by atoms with van der Waals surface area (Å²) >= 11 is 0. The molecule has 3 aromatic carbocycles. The van der Waals surface area contributed by atoms with Gasteiger partial charge < -0.3 is 40.2 Å². The molecule has 0 bridgehead atoms. The largest absolute Gasteiger partial charge is 0.462 e. The maximum Gasteiger partial charge on any atom is 0.408 e. The summed E-state index contributed by atoms with van der Waals surface area (Å²) in [7, 11) is 0. The maximum atomic E-state index is 13.8. The molecule has 0 spiro atoms. The van der Waals surface area contributed by atoms with Crippen molar-refractivity contribution in [1.29, 1.82) is 0 Å². The molecule has 0 saturated carbocycles. The minimum Gasteiger partial charge on any atom is -0.462 e. The molecule has 0 radical (unpaired) electrons. The Kier molecular flexibility index (Phi) is 15.7. The van der Waals surface area contributed by atoms with Crippen molar-refractivity contribution >= 4 is 30.0 Å². The van der Waals surface area contributed by atoms with Gasteiger partial charge in [0.1, 0.15) is 25.9 Å². The normalized spacial score (nSPS) is 20.1. The third-order valence-corrected chi connectivity index (χ3v) is 9.66. The summed E-state index contributed by atoms with van der Waals surface area (Å²) in [6.45, 7) is 0.466. The van der Waals surface area contributed by atoms with Gasteiger partial charge in [-0.05, 0) is 60.8 Å². The van der Waals surface area contributed by atoms with Crippen molar-refractivity contribution < 1.29 is 43.3 Å². The zero-order chi connectivity index (χ0) is 38.8. The van der Waals surface area contributed by atoms with Crippen LogP contribution in [0.25, 0.3) is 0 Å². The predicted molar refractivity (Wildman–Crippen MR) is 203 cm³/mol. The van der Waals surface area contributed by atoms with Crippen LogP contribution in [0.15, 0.2) is 97.1 Å². The topological polar surface area (TPSA) is 173 Å². The average molecular weight is 755 g/mol. The SMILES string of the molecule is O=C(NCCCC[C@H]1COC(=O)[C@H](NC(=O)OCc2ccccc2)CC=CC[C@H](CC(=O)N2Cc3ccccc3C[C@H]2CO)C(=O)N1)OCc1ccccc1. The van der Waals surface area contributed by atoms with E-state index in [9.17, 15) is 29.1 Å². The fourth-order valence-electron chi connectivity index (χ4n) is 6.55. The van der Waals surface area contributed by atoms with E-state index in [1.807, 2.05) is 84.9 Å². The molecule has 55 heavy (non-hydrogen) atoms. The number of allylic oxidation sites excluding steroid dienone is 1. The van der Waals surface area contributed by atoms with E-state index in [-0.39, 0.29) is 57.5 Å². The number of aliphatic hydroxyl groups excluding tert-OH is 1. The molecule has 2 heterocycles. The molecule has 292 valence electrons. The molecular weight excluding hydrogens is 704 g/mol. The van der Waals surface area contributed by atoms with Crippen molar-refractivity contribution in [3.05, 3.63) is 119 Å². The standard InChI is InChI=1S/C42H50N4O9/c47-26-36-23-32-17-7-8-19-34(32)25-46(36)38(48)24-33-18-9-10-21-37(45-42(52)55-28-31-15-5-2-6-16-31)40(50)53-29-35(44-39(33)49)20-11-12-22-43-41(51)54-27-30-13-3-1-4-14-30/h1-10,13-17,19,33,35-37,47H,11-12,18,20-29H2,(H,43,51)(H,44,49)(H,45,52)/t33-,35+,36+,37-/m1/s1. The second kappa shape index (κ2) is 21.3. The summed E-state index contributed by atoms with van der Waals surface area (Å²) in [5.41, 5.74) is 3.75. The minimum absolute atomic E-state index is 0.0213. The molecule has 5 rings (SSSR count). The Morgan fingerprint density at radius 2 is 1.45 bits per heavy atom. The van der Waals surface area contributed by atoms with E-state index in [4.69, 9.17) is 14.2 Å². The number of carbonyl (C=O) groups excluding carboxylic acids is 5. The Labute approximate surface area is 321 Å². The highest BCUT2D eigenvalue weighted by molar-refractivity contribution is 5.86. The van der Waals surface area contributed by atoms with Crippen LogP contribution in [0.4, 0.5) is 9.59 Å². The number of amides is 4. The molecule has 0 fully saturated rings. The van der Waals surface area contributed by atoms with Gasteiger partial charge in [-0.25, -0.2) is 14.4 Å². The van der Waals surface area contributed by atoms with Gasteiger partial charge in [0.2, 0.25) is 11.8 Å². The van der Waals surface area contributed by atoms with Gasteiger partial charge in [0, 0.05) is 19.5 Å². The molecular formula is C42H50N4O9. The molecule has 0 aliphatic carbocycles. The molecule has 4 amide bonds. The highest BCUT2D eigenvalue weighted by Gasteiger charge is 2.33. The third kappa shape index (κ3) is 13.0. The number of ether oxygens (including phenoxy) is 3. The van der Waals surface area contributed by atoms with E-state index in [1.54, 1.807) is 17.1 Å². The van der Waals surface area contributed by atoms with E-state index in [1.165, 1.54) is 0 Å². The minimum atomic E-state index is -1.06. The van der Waals surface area contributed by atoms with Crippen LogP contribution in [0.5, 0.6) is 0 Å². The quantitative estimate of drug-likeness (QED) is 0.0835. The van der Waals surface area contributed by atoms with Crippen LogP contribution in [0.3, 0.4) is 0 Å². The molecule has 2 aliphatic rings. The number of alkyl carbamates (subject to hydrolysis) is 2. The summed E-state index contributed by atoms with van der Waals surface area (Å²) in [5, 5.41) is 18.5. The number of hydrogen-bond acceptors (Lipinski definition) is 9. The van der Waals surface area contributed by atoms with Crippen LogP contribution in [0.2, 0.25) is 0 Å². The second-order valence-corrected chi connectivity index (χ2v) is 13.8. The lowest BCUT2D eigenvalue weighted by Gasteiger charge is -2.36. The number of carbonyl (C=O) groups is 5. The van der Waals surface area contributed by atoms with Crippen molar-refractivity contribution in [1.82, 2.24) is 20.9 Å². The second-order valence-electron chi connectivity index (χ2n) is 13.8. The van der Waals surface area contributed by atoms with Crippen molar-refractivity contribution in [3.8, 4) is 0 Å². The molecule has 4 N–H and O–H groups in total. The highest BCUT2D eigenvalue weighted by atomic mass is 16.6. The van der Waals surface area contributed by atoms with Gasteiger partial charge in [-0.15, -0.1) is 0 Å². The van der Waals surface area contributed by atoms with Crippen molar-refractivity contribution in [2.24, 2.45) is 5.92 Å². The van der Waals surface area contributed by atoms with E-state index < -0.39 is 42.2 Å². The van der Waals surface area contributed by atoms with Crippen LogP contribution in [0, 0.1) is 5.92 Å². The summed E-state index contributed by atoms with van der Waals surface area (Å²) < 4.78 is 16.3. The van der Waals surface area contributed by atoms with E-state index in [0.717, 1.165) is 22.3 Å². The summed E-state index contributed by atoms with van der Waals surface area (Å²) in [4.78, 5) is 67.4. The summed E-state index contributed by atoms with van der Waals surface area (Å²) in [5.74, 6) is -2.04. The zero-order valence-electron chi connectivity index (χ0n) is 30.9. The molecule has 13 nitrogen and oxygen atoms in total. The number of hydrogen-bond donors (Lipinski definition) is 4. The molecule has 0 unspecified atom stereocenters. The van der Waals surface area contributed by atoms with Crippen molar-refractivity contribution in [2.45, 2.75) is 82.8 Å². The van der Waals surface area contributed by atoms with Crippen LogP contribution >= 0.6 is 0 Å². The molecule has 13 heteroatoms. The lowest BCUT2D eigenvalue weighted by atomic mass is 9.92. The number of esters is 1. The fourth-order valence-corrected chi connectivity index (χ4v) is 6.55. The third-order valence-electron chi connectivity index (χ3n) is 9.66. The van der Waals surface area contributed by atoms with Gasteiger partial charge in [0.15, 0.2) is 0 Å². The Balaban J connectivity index is 1.21. The first-order valence-corrected chi connectivity index (χ1v) is 18.8. The Bertz CT molecular complexity index is 1750. The molecule has 3 aromatic rings.